The predicted molar refractivity (Wildman–Crippen MR) is 123 cm³/mol. The molecule has 0 aromatic heterocycles. The summed E-state index contributed by atoms with van der Waals surface area (Å²) < 4.78 is 0. The third kappa shape index (κ3) is 7.35. The number of aliphatic carboxylic acids is 1. The van der Waals surface area contributed by atoms with E-state index in [2.05, 4.69) is 39.8 Å². The number of carbonyl (C=O) groups is 1. The topological polar surface area (TPSA) is 57.5 Å². The molecule has 0 saturated heterocycles. The first-order valence-corrected chi connectivity index (χ1v) is 11.9. The van der Waals surface area contributed by atoms with Crippen molar-refractivity contribution < 1.29 is 15.0 Å². The highest BCUT2D eigenvalue weighted by Crippen LogP contribution is 2.40. The van der Waals surface area contributed by atoms with Gasteiger partial charge in [0.1, 0.15) is 5.75 Å². The zero-order valence-electron chi connectivity index (χ0n) is 19.5. The molecular weight excluding hydrogens is 360 g/mol. The summed E-state index contributed by atoms with van der Waals surface area (Å²) in [5.74, 6) is -0.0777. The van der Waals surface area contributed by atoms with Crippen LogP contribution in [0.3, 0.4) is 0 Å². The number of hydrogen-bond acceptors (Lipinski definition) is 2. The second-order valence-corrected chi connectivity index (χ2v) is 9.00. The third-order valence-corrected chi connectivity index (χ3v) is 6.43. The Labute approximate surface area is 178 Å². The van der Waals surface area contributed by atoms with Gasteiger partial charge in [0.2, 0.25) is 0 Å². The van der Waals surface area contributed by atoms with E-state index in [0.717, 1.165) is 87.3 Å². The molecule has 0 radical (unpaired) electrons. The van der Waals surface area contributed by atoms with Crippen molar-refractivity contribution in [1.29, 1.82) is 0 Å². The fourth-order valence-corrected chi connectivity index (χ4v) is 4.45. The van der Waals surface area contributed by atoms with Crippen molar-refractivity contribution in [2.45, 2.75) is 112 Å². The van der Waals surface area contributed by atoms with E-state index in [-0.39, 0.29) is 5.92 Å². The monoisotopic (exact) mass is 404 g/mol. The normalized spacial score (nSPS) is 14.5. The number of phenolic OH excluding ortho intramolecular Hbond substituents is 1. The standard InChI is InChI=1S/C26H44O3/c1-6-10-14-21-17-20(18-22(24(21)27)15-11-7-2)19-26(5,25(28)29)23(13-9-4)16-12-8-3/h17-18,23,27H,6-16,19H2,1-5H3,(H,28,29). The van der Waals surface area contributed by atoms with Crippen molar-refractivity contribution in [2.24, 2.45) is 11.3 Å². The van der Waals surface area contributed by atoms with Crippen molar-refractivity contribution in [3.05, 3.63) is 28.8 Å². The van der Waals surface area contributed by atoms with Crippen LogP contribution >= 0.6 is 0 Å². The molecular formula is C26H44O3. The largest absolute Gasteiger partial charge is 0.507 e. The minimum atomic E-state index is -0.772. The van der Waals surface area contributed by atoms with Crippen LogP contribution in [0.25, 0.3) is 0 Å². The first kappa shape index (κ1) is 25.5. The van der Waals surface area contributed by atoms with Gasteiger partial charge >= 0.3 is 5.97 Å². The summed E-state index contributed by atoms with van der Waals surface area (Å²) >= 11 is 0. The van der Waals surface area contributed by atoms with Crippen LogP contribution in [0.4, 0.5) is 0 Å². The van der Waals surface area contributed by atoms with Crippen molar-refractivity contribution in [2.75, 3.05) is 0 Å². The Morgan fingerprint density at radius 1 is 0.897 bits per heavy atom. The number of carboxylic acid groups (broad SMARTS) is 1. The Morgan fingerprint density at radius 2 is 1.41 bits per heavy atom. The molecule has 3 nitrogen and oxygen atoms in total. The maximum atomic E-state index is 12.4. The number of benzene rings is 1. The number of unbranched alkanes of at least 4 members (excludes halogenated alkanes) is 3. The van der Waals surface area contributed by atoms with Gasteiger partial charge in [-0.15, -0.1) is 0 Å². The molecule has 1 aromatic carbocycles. The molecule has 0 aliphatic heterocycles. The van der Waals surface area contributed by atoms with Crippen LogP contribution in [-0.2, 0) is 24.1 Å². The van der Waals surface area contributed by atoms with Crippen LogP contribution in [0.15, 0.2) is 12.1 Å². The summed E-state index contributed by atoms with van der Waals surface area (Å²) in [4.78, 5) is 12.4. The summed E-state index contributed by atoms with van der Waals surface area (Å²) in [6.45, 7) is 10.6. The van der Waals surface area contributed by atoms with Gasteiger partial charge in [0.25, 0.3) is 0 Å². The SMILES string of the molecule is CCCCc1cc(CC(C)(C(=O)O)C(CCC)CCCC)cc(CCCC)c1O. The van der Waals surface area contributed by atoms with Gasteiger partial charge in [-0.1, -0.05) is 71.9 Å². The van der Waals surface area contributed by atoms with Gasteiger partial charge in [0, 0.05) is 0 Å². The average Bonchev–Trinajstić information content (AvgIpc) is 2.69. The van der Waals surface area contributed by atoms with E-state index in [9.17, 15) is 15.0 Å². The zero-order valence-corrected chi connectivity index (χ0v) is 19.5. The van der Waals surface area contributed by atoms with E-state index in [1.165, 1.54) is 0 Å². The summed E-state index contributed by atoms with van der Waals surface area (Å²) in [6.07, 6.45) is 11.6. The zero-order chi connectivity index (χ0) is 21.9. The molecule has 2 atom stereocenters. The van der Waals surface area contributed by atoms with Crippen LogP contribution in [0.1, 0.15) is 109 Å². The average molecular weight is 405 g/mol. The lowest BCUT2D eigenvalue weighted by Gasteiger charge is -2.34. The van der Waals surface area contributed by atoms with E-state index >= 15 is 0 Å². The first-order chi connectivity index (χ1) is 13.8. The molecule has 1 rings (SSSR count). The van der Waals surface area contributed by atoms with Crippen molar-refractivity contribution in [3.8, 4) is 5.75 Å². The van der Waals surface area contributed by atoms with E-state index in [1.807, 2.05) is 6.92 Å². The molecule has 0 aliphatic rings. The quantitative estimate of drug-likeness (QED) is 0.322. The lowest BCUT2D eigenvalue weighted by atomic mass is 9.68. The number of rotatable bonds is 15. The maximum absolute atomic E-state index is 12.4. The minimum Gasteiger partial charge on any atom is -0.507 e. The molecule has 3 heteroatoms. The molecule has 0 amide bonds. The molecule has 1 aromatic rings. The summed E-state index contributed by atoms with van der Waals surface area (Å²) in [6, 6.07) is 4.15. The second kappa shape index (κ2) is 12.9. The highest BCUT2D eigenvalue weighted by atomic mass is 16.4. The van der Waals surface area contributed by atoms with Crippen LogP contribution < -0.4 is 0 Å². The molecule has 0 bridgehead atoms. The highest BCUT2D eigenvalue weighted by molar-refractivity contribution is 5.75. The van der Waals surface area contributed by atoms with E-state index in [1.54, 1.807) is 0 Å². The highest BCUT2D eigenvalue weighted by Gasteiger charge is 2.40. The molecule has 2 unspecified atom stereocenters. The lowest BCUT2D eigenvalue weighted by Crippen LogP contribution is -2.38. The van der Waals surface area contributed by atoms with Gasteiger partial charge in [0.05, 0.1) is 5.41 Å². The van der Waals surface area contributed by atoms with E-state index in [0.29, 0.717) is 12.2 Å². The molecule has 0 heterocycles. The fourth-order valence-electron chi connectivity index (χ4n) is 4.45. The molecule has 0 saturated carbocycles. The van der Waals surface area contributed by atoms with Crippen molar-refractivity contribution >= 4 is 5.97 Å². The van der Waals surface area contributed by atoms with Crippen LogP contribution in [0.2, 0.25) is 0 Å². The Morgan fingerprint density at radius 3 is 1.83 bits per heavy atom. The summed E-state index contributed by atoms with van der Waals surface area (Å²) in [5, 5.41) is 21.0. The second-order valence-electron chi connectivity index (χ2n) is 9.00. The Balaban J connectivity index is 3.30. The Bertz CT molecular complexity index is 593. The summed E-state index contributed by atoms with van der Waals surface area (Å²) in [5.41, 5.74) is 2.28. The molecule has 0 spiro atoms. The summed E-state index contributed by atoms with van der Waals surface area (Å²) in [7, 11) is 0. The van der Waals surface area contributed by atoms with Crippen LogP contribution in [0, 0.1) is 11.3 Å². The van der Waals surface area contributed by atoms with Crippen LogP contribution in [-0.4, -0.2) is 16.2 Å². The smallest absolute Gasteiger partial charge is 0.309 e. The fraction of sp³-hybridized carbons (Fsp3) is 0.731. The molecule has 0 aliphatic carbocycles. The Hall–Kier alpha value is -1.51. The van der Waals surface area contributed by atoms with Gasteiger partial charge in [-0.25, -0.2) is 0 Å². The molecule has 166 valence electrons. The number of carboxylic acids is 1. The number of phenols is 1. The third-order valence-electron chi connectivity index (χ3n) is 6.43. The maximum Gasteiger partial charge on any atom is 0.309 e. The lowest BCUT2D eigenvalue weighted by molar-refractivity contribution is -0.151. The Kier molecular flexibility index (Phi) is 11.4. The molecule has 29 heavy (non-hydrogen) atoms. The number of hydrogen-bond donors (Lipinski definition) is 2. The number of aromatic hydroxyl groups is 1. The number of aryl methyl sites for hydroxylation is 2. The predicted octanol–water partition coefficient (Wildman–Crippen LogP) is 7.32. The van der Waals surface area contributed by atoms with Gasteiger partial charge in [-0.05, 0) is 74.5 Å². The van der Waals surface area contributed by atoms with Crippen LogP contribution in [0.5, 0.6) is 5.75 Å². The van der Waals surface area contributed by atoms with Gasteiger partial charge in [-0.3, -0.25) is 4.79 Å². The van der Waals surface area contributed by atoms with Gasteiger partial charge in [-0.2, -0.15) is 0 Å². The van der Waals surface area contributed by atoms with E-state index < -0.39 is 11.4 Å². The van der Waals surface area contributed by atoms with E-state index in [4.69, 9.17) is 0 Å². The first-order valence-electron chi connectivity index (χ1n) is 11.9. The van der Waals surface area contributed by atoms with Crippen molar-refractivity contribution in [3.63, 3.8) is 0 Å². The molecule has 2 N–H and O–H groups in total. The van der Waals surface area contributed by atoms with Gasteiger partial charge in [0.15, 0.2) is 0 Å². The van der Waals surface area contributed by atoms with Crippen molar-refractivity contribution in [1.82, 2.24) is 0 Å². The van der Waals surface area contributed by atoms with Gasteiger partial charge < -0.3 is 10.2 Å². The molecule has 0 fully saturated rings. The minimum absolute atomic E-state index is 0.178.